The van der Waals surface area contributed by atoms with Gasteiger partial charge in [0.05, 0.1) is 18.8 Å². The topological polar surface area (TPSA) is 29.5 Å². The van der Waals surface area contributed by atoms with Crippen molar-refractivity contribution in [1.82, 2.24) is 0 Å². The van der Waals surface area contributed by atoms with Crippen molar-refractivity contribution >= 4 is 0 Å². The van der Waals surface area contributed by atoms with Crippen LogP contribution in [0.25, 0.3) is 0 Å². The lowest BCUT2D eigenvalue weighted by Crippen LogP contribution is -2.30. The van der Waals surface area contributed by atoms with Gasteiger partial charge in [0.15, 0.2) is 0 Å². The summed E-state index contributed by atoms with van der Waals surface area (Å²) in [4.78, 5) is 0. The molecule has 0 aromatic rings. The third-order valence-electron chi connectivity index (χ3n) is 2.66. The van der Waals surface area contributed by atoms with Gasteiger partial charge < -0.3 is 9.84 Å². The van der Waals surface area contributed by atoms with Gasteiger partial charge in [-0.25, -0.2) is 0 Å². The molecule has 2 nitrogen and oxygen atoms in total. The highest BCUT2D eigenvalue weighted by molar-refractivity contribution is 4.89. The van der Waals surface area contributed by atoms with Gasteiger partial charge in [-0.2, -0.15) is 0 Å². The van der Waals surface area contributed by atoms with Crippen LogP contribution in [0.4, 0.5) is 0 Å². The van der Waals surface area contributed by atoms with E-state index in [1.807, 2.05) is 0 Å². The Morgan fingerprint density at radius 1 is 1.64 bits per heavy atom. The van der Waals surface area contributed by atoms with Crippen LogP contribution in [0.3, 0.4) is 0 Å². The zero-order valence-corrected chi connectivity index (χ0v) is 7.63. The molecule has 1 saturated heterocycles. The largest absolute Gasteiger partial charge is 0.396 e. The Kier molecular flexibility index (Phi) is 2.55. The van der Waals surface area contributed by atoms with E-state index in [9.17, 15) is 0 Å². The summed E-state index contributed by atoms with van der Waals surface area (Å²) < 4.78 is 5.66. The molecular weight excluding hydrogens is 140 g/mol. The second-order valence-electron chi connectivity index (χ2n) is 3.86. The average molecular weight is 158 g/mol. The first kappa shape index (κ1) is 9.01. The summed E-state index contributed by atoms with van der Waals surface area (Å²) in [7, 11) is 0. The first-order valence-corrected chi connectivity index (χ1v) is 4.38. The van der Waals surface area contributed by atoms with Gasteiger partial charge in [0.1, 0.15) is 0 Å². The highest BCUT2D eigenvalue weighted by atomic mass is 16.5. The van der Waals surface area contributed by atoms with E-state index in [0.29, 0.717) is 6.10 Å². The molecule has 1 rings (SSSR count). The Morgan fingerprint density at radius 2 is 2.27 bits per heavy atom. The number of aliphatic hydroxyl groups is 1. The van der Waals surface area contributed by atoms with Crippen molar-refractivity contribution in [2.24, 2.45) is 5.41 Å². The van der Waals surface area contributed by atoms with E-state index < -0.39 is 0 Å². The van der Waals surface area contributed by atoms with Gasteiger partial charge >= 0.3 is 0 Å². The Bertz CT molecular complexity index is 136. The van der Waals surface area contributed by atoms with Gasteiger partial charge in [0, 0.05) is 5.41 Å². The second-order valence-corrected chi connectivity index (χ2v) is 3.86. The molecule has 11 heavy (non-hydrogen) atoms. The zero-order valence-electron chi connectivity index (χ0n) is 7.63. The number of rotatable bonds is 2. The molecule has 0 saturated carbocycles. The fourth-order valence-electron chi connectivity index (χ4n) is 2.04. The third kappa shape index (κ3) is 1.57. The van der Waals surface area contributed by atoms with Crippen molar-refractivity contribution in [1.29, 1.82) is 0 Å². The summed E-state index contributed by atoms with van der Waals surface area (Å²) in [6.45, 7) is 6.53. The van der Waals surface area contributed by atoms with Gasteiger partial charge in [-0.3, -0.25) is 0 Å². The maximum atomic E-state index is 9.16. The van der Waals surface area contributed by atoms with E-state index in [0.717, 1.165) is 12.8 Å². The van der Waals surface area contributed by atoms with E-state index in [1.165, 1.54) is 0 Å². The molecule has 1 aliphatic rings. The minimum Gasteiger partial charge on any atom is -0.396 e. The minimum atomic E-state index is 0.00810. The summed E-state index contributed by atoms with van der Waals surface area (Å²) in [5.74, 6) is 0. The average Bonchev–Trinajstić information content (AvgIpc) is 2.27. The molecule has 3 atom stereocenters. The summed E-state index contributed by atoms with van der Waals surface area (Å²) in [5, 5.41) is 9.16. The van der Waals surface area contributed by atoms with Gasteiger partial charge in [-0.05, 0) is 19.8 Å². The molecule has 1 aliphatic heterocycles. The van der Waals surface area contributed by atoms with Crippen molar-refractivity contribution in [3.8, 4) is 0 Å². The summed E-state index contributed by atoms with van der Waals surface area (Å²) >= 11 is 0. The fourth-order valence-corrected chi connectivity index (χ4v) is 2.04. The standard InChI is InChI=1S/C9H18O2/c1-4-8-9(3,6-10)5-7(2)11-8/h7-8,10H,4-6H2,1-3H3/t7-,8+,9+/m0/s1. The molecule has 0 aromatic heterocycles. The molecule has 66 valence electrons. The Labute approximate surface area is 68.6 Å². The van der Waals surface area contributed by atoms with Gasteiger partial charge in [-0.1, -0.05) is 13.8 Å². The Morgan fingerprint density at radius 3 is 2.64 bits per heavy atom. The van der Waals surface area contributed by atoms with E-state index in [4.69, 9.17) is 9.84 Å². The lowest BCUT2D eigenvalue weighted by Gasteiger charge is -2.26. The predicted octanol–water partition coefficient (Wildman–Crippen LogP) is 1.57. The molecular formula is C9H18O2. The summed E-state index contributed by atoms with van der Waals surface area (Å²) in [5.41, 5.74) is 0.00810. The van der Waals surface area contributed by atoms with Crippen molar-refractivity contribution in [3.63, 3.8) is 0 Å². The van der Waals surface area contributed by atoms with Crippen LogP contribution in [-0.2, 0) is 4.74 Å². The molecule has 1 fully saturated rings. The molecule has 0 aromatic carbocycles. The van der Waals surface area contributed by atoms with Crippen LogP contribution in [0.2, 0.25) is 0 Å². The second kappa shape index (κ2) is 3.11. The van der Waals surface area contributed by atoms with E-state index in [1.54, 1.807) is 0 Å². The quantitative estimate of drug-likeness (QED) is 0.661. The minimum absolute atomic E-state index is 0.00810. The molecule has 0 amide bonds. The normalized spacial score (nSPS) is 44.7. The number of ether oxygens (including phenoxy) is 1. The van der Waals surface area contributed by atoms with Crippen molar-refractivity contribution in [2.45, 2.75) is 45.8 Å². The predicted molar refractivity (Wildman–Crippen MR) is 44.4 cm³/mol. The van der Waals surface area contributed by atoms with Gasteiger partial charge in [-0.15, -0.1) is 0 Å². The van der Waals surface area contributed by atoms with Crippen LogP contribution in [0.15, 0.2) is 0 Å². The molecule has 0 spiro atoms. The van der Waals surface area contributed by atoms with Gasteiger partial charge in [0.2, 0.25) is 0 Å². The fraction of sp³-hybridized carbons (Fsp3) is 1.00. The molecule has 2 heteroatoms. The van der Waals surface area contributed by atoms with Crippen LogP contribution in [0.1, 0.15) is 33.6 Å². The van der Waals surface area contributed by atoms with Crippen LogP contribution in [0.5, 0.6) is 0 Å². The highest BCUT2D eigenvalue weighted by Gasteiger charge is 2.41. The molecule has 1 heterocycles. The first-order valence-electron chi connectivity index (χ1n) is 4.38. The van der Waals surface area contributed by atoms with Crippen LogP contribution in [-0.4, -0.2) is 23.9 Å². The number of hydrogen-bond acceptors (Lipinski definition) is 2. The molecule has 0 unspecified atom stereocenters. The summed E-state index contributed by atoms with van der Waals surface area (Å²) in [6, 6.07) is 0. The van der Waals surface area contributed by atoms with E-state index in [2.05, 4.69) is 20.8 Å². The monoisotopic (exact) mass is 158 g/mol. The lowest BCUT2D eigenvalue weighted by atomic mass is 9.82. The molecule has 0 bridgehead atoms. The SMILES string of the molecule is CC[C@H]1O[C@@H](C)C[C@]1(C)CO. The van der Waals surface area contributed by atoms with Gasteiger partial charge in [0.25, 0.3) is 0 Å². The first-order chi connectivity index (χ1) is 5.12. The maximum absolute atomic E-state index is 9.16. The van der Waals surface area contributed by atoms with Crippen molar-refractivity contribution in [2.75, 3.05) is 6.61 Å². The third-order valence-corrected chi connectivity index (χ3v) is 2.66. The number of hydrogen-bond donors (Lipinski definition) is 1. The number of aliphatic hydroxyl groups excluding tert-OH is 1. The highest BCUT2D eigenvalue weighted by Crippen LogP contribution is 2.39. The van der Waals surface area contributed by atoms with Crippen molar-refractivity contribution < 1.29 is 9.84 Å². The zero-order chi connectivity index (χ0) is 8.48. The molecule has 0 radical (unpaired) electrons. The van der Waals surface area contributed by atoms with Crippen LogP contribution < -0.4 is 0 Å². The molecule has 0 aliphatic carbocycles. The van der Waals surface area contributed by atoms with Crippen molar-refractivity contribution in [3.05, 3.63) is 0 Å². The van der Waals surface area contributed by atoms with Crippen LogP contribution in [0, 0.1) is 5.41 Å². The lowest BCUT2D eigenvalue weighted by molar-refractivity contribution is 0.00183. The Hall–Kier alpha value is -0.0800. The summed E-state index contributed by atoms with van der Waals surface area (Å²) in [6.07, 6.45) is 2.56. The van der Waals surface area contributed by atoms with E-state index in [-0.39, 0.29) is 18.1 Å². The molecule has 1 N–H and O–H groups in total. The smallest absolute Gasteiger partial charge is 0.0652 e. The van der Waals surface area contributed by atoms with Crippen LogP contribution >= 0.6 is 0 Å². The maximum Gasteiger partial charge on any atom is 0.0652 e. The Balaban J connectivity index is 2.63. The van der Waals surface area contributed by atoms with E-state index >= 15 is 0 Å².